The van der Waals surface area contributed by atoms with Crippen LogP contribution in [-0.4, -0.2) is 23.5 Å². The zero-order chi connectivity index (χ0) is 16.3. The van der Waals surface area contributed by atoms with E-state index in [0.717, 1.165) is 24.9 Å². The molecule has 0 spiro atoms. The molecule has 0 aromatic heterocycles. The van der Waals surface area contributed by atoms with E-state index < -0.39 is 12.0 Å². The van der Waals surface area contributed by atoms with Crippen LogP contribution in [0, 0.1) is 0 Å². The molecular weight excluding hydrogens is 478 g/mol. The van der Waals surface area contributed by atoms with E-state index >= 15 is 0 Å². The van der Waals surface area contributed by atoms with Gasteiger partial charge in [-0.1, -0.05) is 54.6 Å². The summed E-state index contributed by atoms with van der Waals surface area (Å²) in [4.78, 5) is 12.8. The SMILES string of the molecule is C1=C\CC/C=C\CC/1.O=C([O-])[C@@H]1CCCN1Cc1ccccc1.[Ir]. The number of aliphatic carboxylic acids is 1. The molecule has 1 atom stereocenters. The van der Waals surface area contributed by atoms with Gasteiger partial charge in [0.05, 0.1) is 5.97 Å². The van der Waals surface area contributed by atoms with Crippen LogP contribution in [0.4, 0.5) is 0 Å². The van der Waals surface area contributed by atoms with E-state index in [1.54, 1.807) is 0 Å². The van der Waals surface area contributed by atoms with Crippen LogP contribution < -0.4 is 5.11 Å². The molecule has 1 aromatic carbocycles. The number of hydrogen-bond acceptors (Lipinski definition) is 3. The molecule has 0 unspecified atom stereocenters. The summed E-state index contributed by atoms with van der Waals surface area (Å²) in [6, 6.07) is 9.54. The number of rotatable bonds is 3. The van der Waals surface area contributed by atoms with Crippen LogP contribution in [0.2, 0.25) is 0 Å². The molecule has 1 aliphatic heterocycles. The normalized spacial score (nSPS) is 22.9. The molecular formula is C20H26IrNO2-. The molecule has 1 saturated heterocycles. The van der Waals surface area contributed by atoms with Gasteiger partial charge in [-0.05, 0) is 50.6 Å². The fraction of sp³-hybridized carbons (Fsp3) is 0.450. The number of likely N-dealkylation sites (tertiary alicyclic amines) is 1. The average molecular weight is 505 g/mol. The molecule has 1 aromatic rings. The van der Waals surface area contributed by atoms with E-state index in [4.69, 9.17) is 0 Å². The van der Waals surface area contributed by atoms with Crippen molar-refractivity contribution in [2.45, 2.75) is 51.1 Å². The van der Waals surface area contributed by atoms with Crippen LogP contribution >= 0.6 is 0 Å². The fourth-order valence-corrected chi connectivity index (χ4v) is 2.96. The van der Waals surface area contributed by atoms with Gasteiger partial charge in [0, 0.05) is 32.7 Å². The molecule has 0 saturated carbocycles. The predicted octanol–water partition coefficient (Wildman–Crippen LogP) is 3.07. The van der Waals surface area contributed by atoms with Gasteiger partial charge in [0.25, 0.3) is 0 Å². The first-order valence-electron chi connectivity index (χ1n) is 8.56. The smallest absolute Gasteiger partial charge is 0.0586 e. The molecule has 4 heteroatoms. The van der Waals surface area contributed by atoms with Crippen LogP contribution in [-0.2, 0) is 31.4 Å². The second-order valence-corrected chi connectivity index (χ2v) is 6.03. The zero-order valence-corrected chi connectivity index (χ0v) is 16.4. The van der Waals surface area contributed by atoms with Crippen LogP contribution in [0.5, 0.6) is 0 Å². The Labute approximate surface area is 158 Å². The van der Waals surface area contributed by atoms with Crippen molar-refractivity contribution >= 4 is 5.97 Å². The maximum atomic E-state index is 10.8. The summed E-state index contributed by atoms with van der Waals surface area (Å²) in [5.74, 6) is -0.941. The topological polar surface area (TPSA) is 43.4 Å². The van der Waals surface area contributed by atoms with E-state index in [0.29, 0.717) is 6.54 Å². The van der Waals surface area contributed by atoms with E-state index in [9.17, 15) is 9.90 Å². The van der Waals surface area contributed by atoms with Gasteiger partial charge in [-0.3, -0.25) is 4.90 Å². The summed E-state index contributed by atoms with van der Waals surface area (Å²) in [6.45, 7) is 1.56. The minimum Gasteiger partial charge on any atom is -0.548 e. The number of carbonyl (C=O) groups is 1. The molecule has 1 heterocycles. The molecule has 0 bridgehead atoms. The summed E-state index contributed by atoms with van der Waals surface area (Å²) < 4.78 is 0. The molecule has 2 aliphatic rings. The predicted molar refractivity (Wildman–Crippen MR) is 91.6 cm³/mol. The Kier molecular flexibility index (Phi) is 10.6. The van der Waals surface area contributed by atoms with Crippen molar-refractivity contribution in [3.8, 4) is 0 Å². The molecule has 3 nitrogen and oxygen atoms in total. The monoisotopic (exact) mass is 505 g/mol. The van der Waals surface area contributed by atoms with E-state index in [-0.39, 0.29) is 20.1 Å². The Morgan fingerprint density at radius 2 is 1.54 bits per heavy atom. The first-order valence-corrected chi connectivity index (χ1v) is 8.56. The van der Waals surface area contributed by atoms with E-state index in [2.05, 4.69) is 24.3 Å². The summed E-state index contributed by atoms with van der Waals surface area (Å²) >= 11 is 0. The minimum atomic E-state index is -0.941. The van der Waals surface area contributed by atoms with Crippen molar-refractivity contribution in [3.63, 3.8) is 0 Å². The first-order chi connectivity index (χ1) is 11.3. The molecule has 0 amide bonds. The Morgan fingerprint density at radius 3 is 2.04 bits per heavy atom. The standard InChI is InChI=1S/C12H15NO2.C8H12.Ir/c14-12(15)11-7-4-8-13(11)9-10-5-2-1-3-6-10;1-2-4-6-8-7-5-3-1;/h1-3,5-6,11H,4,7-9H2,(H,14,15);1-2,7-8H,3-6H2;/p-1/b;2-1-,8-7-;/t11-;;/m0../s1. The number of benzene rings is 1. The van der Waals surface area contributed by atoms with Crippen LogP contribution in [0.3, 0.4) is 0 Å². The van der Waals surface area contributed by atoms with Gasteiger partial charge in [-0.25, -0.2) is 0 Å². The summed E-state index contributed by atoms with van der Waals surface area (Å²) in [5, 5.41) is 10.8. The zero-order valence-electron chi connectivity index (χ0n) is 14.0. The number of carboxylic acids is 1. The molecule has 1 aliphatic carbocycles. The number of hydrogen-bond donors (Lipinski definition) is 0. The van der Waals surface area contributed by atoms with Gasteiger partial charge >= 0.3 is 0 Å². The summed E-state index contributed by atoms with van der Waals surface area (Å²) in [6.07, 6.45) is 15.7. The Hall–Kier alpha value is -1.22. The number of nitrogens with zero attached hydrogens (tertiary/aromatic N) is 1. The summed E-state index contributed by atoms with van der Waals surface area (Å²) in [7, 11) is 0. The maximum Gasteiger partial charge on any atom is 0.0586 e. The van der Waals surface area contributed by atoms with Gasteiger partial charge in [0.2, 0.25) is 0 Å². The second-order valence-electron chi connectivity index (χ2n) is 6.03. The van der Waals surface area contributed by atoms with Crippen molar-refractivity contribution in [2.75, 3.05) is 6.54 Å². The van der Waals surface area contributed by atoms with Crippen LogP contribution in [0.15, 0.2) is 54.6 Å². The van der Waals surface area contributed by atoms with Crippen molar-refractivity contribution in [1.82, 2.24) is 4.90 Å². The average Bonchev–Trinajstić information content (AvgIpc) is 2.96. The van der Waals surface area contributed by atoms with Crippen molar-refractivity contribution < 1.29 is 30.0 Å². The number of carboxylic acid groups (broad SMARTS) is 1. The molecule has 1 radical (unpaired) electrons. The van der Waals surface area contributed by atoms with Crippen molar-refractivity contribution in [2.24, 2.45) is 0 Å². The maximum absolute atomic E-state index is 10.8. The number of carbonyl (C=O) groups excluding carboxylic acids is 1. The van der Waals surface area contributed by atoms with E-state index in [1.165, 1.54) is 25.7 Å². The van der Waals surface area contributed by atoms with Crippen LogP contribution in [0.1, 0.15) is 44.1 Å². The second kappa shape index (κ2) is 12.2. The quantitative estimate of drug-likeness (QED) is 0.595. The fourth-order valence-electron chi connectivity index (χ4n) is 2.96. The largest absolute Gasteiger partial charge is 0.548 e. The third kappa shape index (κ3) is 7.57. The molecule has 133 valence electrons. The van der Waals surface area contributed by atoms with Gasteiger partial charge < -0.3 is 9.90 Å². The minimum absolute atomic E-state index is 0. The summed E-state index contributed by atoms with van der Waals surface area (Å²) in [5.41, 5.74) is 1.16. The van der Waals surface area contributed by atoms with Gasteiger partial charge in [-0.2, -0.15) is 0 Å². The van der Waals surface area contributed by atoms with Crippen LogP contribution in [0.25, 0.3) is 0 Å². The first kappa shape index (κ1) is 20.8. The third-order valence-electron chi connectivity index (χ3n) is 4.20. The Morgan fingerprint density at radius 1 is 1.00 bits per heavy atom. The van der Waals surface area contributed by atoms with Gasteiger partial charge in [0.15, 0.2) is 0 Å². The number of allylic oxidation sites excluding steroid dienone is 4. The Bertz CT molecular complexity index is 502. The van der Waals surface area contributed by atoms with Crippen molar-refractivity contribution in [1.29, 1.82) is 0 Å². The van der Waals surface area contributed by atoms with E-state index in [1.807, 2.05) is 35.2 Å². The molecule has 1 fully saturated rings. The molecule has 24 heavy (non-hydrogen) atoms. The van der Waals surface area contributed by atoms with Gasteiger partial charge in [0.1, 0.15) is 0 Å². The van der Waals surface area contributed by atoms with Gasteiger partial charge in [-0.15, -0.1) is 0 Å². The third-order valence-corrected chi connectivity index (χ3v) is 4.20. The molecule has 3 rings (SSSR count). The Balaban J connectivity index is 0.000000273. The van der Waals surface area contributed by atoms with Crippen molar-refractivity contribution in [3.05, 3.63) is 60.2 Å². The molecule has 0 N–H and O–H groups in total.